The van der Waals surface area contributed by atoms with Gasteiger partial charge in [-0.15, -0.1) is 12.6 Å². The van der Waals surface area contributed by atoms with Crippen LogP contribution in [0, 0.1) is 11.3 Å². The van der Waals surface area contributed by atoms with Crippen molar-refractivity contribution in [1.29, 1.82) is 5.26 Å². The molecule has 0 aromatic heterocycles. The molecule has 0 atom stereocenters. The van der Waals surface area contributed by atoms with Crippen LogP contribution in [0.3, 0.4) is 0 Å². The van der Waals surface area contributed by atoms with E-state index in [0.29, 0.717) is 4.91 Å². The van der Waals surface area contributed by atoms with Crippen LogP contribution < -0.4 is 4.90 Å². The molecule has 1 aromatic rings. The van der Waals surface area contributed by atoms with Gasteiger partial charge in [0.1, 0.15) is 17.6 Å². The quantitative estimate of drug-likeness (QED) is 0.557. The van der Waals surface area contributed by atoms with E-state index in [4.69, 9.17) is 10.00 Å². The Labute approximate surface area is 161 Å². The molecule has 2 heterocycles. The Kier molecular flexibility index (Phi) is 6.25. The maximum absolute atomic E-state index is 9.07. The number of anilines is 1. The molecule has 4 heteroatoms. The van der Waals surface area contributed by atoms with Crippen molar-refractivity contribution in [3.05, 3.63) is 70.1 Å². The number of rotatable bonds is 4. The highest BCUT2D eigenvalue weighted by atomic mass is 32.1. The largest absolute Gasteiger partial charge is 0.462 e. The summed E-state index contributed by atoms with van der Waals surface area (Å²) in [5.74, 6) is 1.56. The molecule has 0 aliphatic carbocycles. The first-order chi connectivity index (χ1) is 12.7. The van der Waals surface area contributed by atoms with Gasteiger partial charge in [-0.3, -0.25) is 0 Å². The molecule has 0 spiro atoms. The number of hydrogen-bond acceptors (Lipinski definition) is 4. The summed E-state index contributed by atoms with van der Waals surface area (Å²) in [4.78, 5) is 2.85. The zero-order chi connectivity index (χ0) is 18.4. The lowest BCUT2D eigenvalue weighted by Gasteiger charge is -2.28. The normalized spacial score (nSPS) is 19.5. The summed E-state index contributed by atoms with van der Waals surface area (Å²) in [6.45, 7) is 4.34. The van der Waals surface area contributed by atoms with Crippen LogP contribution >= 0.6 is 12.6 Å². The summed E-state index contributed by atoms with van der Waals surface area (Å²) >= 11 is 4.24. The van der Waals surface area contributed by atoms with Gasteiger partial charge >= 0.3 is 0 Å². The van der Waals surface area contributed by atoms with Crippen molar-refractivity contribution in [2.45, 2.75) is 32.6 Å². The molecular formula is C22H24N2OS. The second-order valence-electron chi connectivity index (χ2n) is 6.50. The standard InChI is InChI=1S/C22H24N2OS/c1-2-20-14-18(22(26)16-23)15-21(25-20)11-8-17-6-9-19(10-7-17)24-12-4-3-5-13-24/h6-11,14-15,26H,2-5,12-13H2,1H3/b11-8?,22-18-. The van der Waals surface area contributed by atoms with E-state index in [-0.39, 0.29) is 0 Å². The van der Waals surface area contributed by atoms with Gasteiger partial charge in [0.15, 0.2) is 0 Å². The summed E-state index contributed by atoms with van der Waals surface area (Å²) in [5, 5.41) is 9.07. The summed E-state index contributed by atoms with van der Waals surface area (Å²) in [6.07, 6.45) is 12.4. The van der Waals surface area contributed by atoms with Gasteiger partial charge in [-0.25, -0.2) is 0 Å². The van der Waals surface area contributed by atoms with Crippen LogP contribution in [0.25, 0.3) is 6.08 Å². The first-order valence-electron chi connectivity index (χ1n) is 9.16. The zero-order valence-electron chi connectivity index (χ0n) is 15.1. The maximum Gasteiger partial charge on any atom is 0.127 e. The second kappa shape index (κ2) is 8.82. The highest BCUT2D eigenvalue weighted by Gasteiger charge is 2.11. The molecule has 134 valence electrons. The van der Waals surface area contributed by atoms with Crippen molar-refractivity contribution in [2.75, 3.05) is 18.0 Å². The minimum absolute atomic E-state index is 0.399. The molecule has 2 aliphatic heterocycles. The monoisotopic (exact) mass is 364 g/mol. The molecule has 0 unspecified atom stereocenters. The number of thiol groups is 1. The number of nitrogens with zero attached hydrogens (tertiary/aromatic N) is 2. The summed E-state index contributed by atoms with van der Waals surface area (Å²) in [5.41, 5.74) is 3.21. The van der Waals surface area contributed by atoms with Crippen LogP contribution in [-0.2, 0) is 4.74 Å². The highest BCUT2D eigenvalue weighted by Crippen LogP contribution is 2.26. The van der Waals surface area contributed by atoms with E-state index in [2.05, 4.69) is 47.9 Å². The Bertz CT molecular complexity index is 804. The Balaban J connectivity index is 1.73. The Morgan fingerprint density at radius 3 is 2.54 bits per heavy atom. The SMILES string of the molecule is CCC1=C/C(=C(/S)C#N)C=C(C=Cc2ccc(N3CCCCC3)cc2)O1. The molecule has 0 N–H and O–H groups in total. The molecule has 1 saturated heterocycles. The Morgan fingerprint density at radius 2 is 1.88 bits per heavy atom. The average Bonchev–Trinajstić information content (AvgIpc) is 2.72. The smallest absolute Gasteiger partial charge is 0.127 e. The fourth-order valence-electron chi connectivity index (χ4n) is 3.16. The predicted octanol–water partition coefficient (Wildman–Crippen LogP) is 5.61. The van der Waals surface area contributed by atoms with Gasteiger partial charge in [0.05, 0.1) is 4.91 Å². The van der Waals surface area contributed by atoms with Gasteiger partial charge < -0.3 is 9.64 Å². The van der Waals surface area contributed by atoms with Crippen molar-refractivity contribution in [2.24, 2.45) is 0 Å². The molecule has 3 nitrogen and oxygen atoms in total. The third kappa shape index (κ3) is 4.62. The average molecular weight is 365 g/mol. The molecule has 3 rings (SSSR count). The fraction of sp³-hybridized carbons (Fsp3) is 0.318. The molecule has 26 heavy (non-hydrogen) atoms. The van der Waals surface area contributed by atoms with Gasteiger partial charge in [-0.1, -0.05) is 25.1 Å². The van der Waals surface area contributed by atoms with Crippen molar-refractivity contribution in [3.63, 3.8) is 0 Å². The number of ether oxygens (including phenoxy) is 1. The highest BCUT2D eigenvalue weighted by molar-refractivity contribution is 7.84. The minimum Gasteiger partial charge on any atom is -0.462 e. The number of hydrogen-bond donors (Lipinski definition) is 1. The topological polar surface area (TPSA) is 36.3 Å². The van der Waals surface area contributed by atoms with Crippen molar-refractivity contribution < 1.29 is 4.74 Å². The third-order valence-electron chi connectivity index (χ3n) is 4.65. The predicted molar refractivity (Wildman–Crippen MR) is 111 cm³/mol. The third-order valence-corrected chi connectivity index (χ3v) is 5.00. The Morgan fingerprint density at radius 1 is 1.15 bits per heavy atom. The van der Waals surface area contributed by atoms with Crippen LogP contribution in [0.4, 0.5) is 5.69 Å². The van der Waals surface area contributed by atoms with E-state index < -0.39 is 0 Å². The van der Waals surface area contributed by atoms with Gasteiger partial charge in [-0.2, -0.15) is 5.26 Å². The van der Waals surface area contributed by atoms with Crippen molar-refractivity contribution >= 4 is 24.4 Å². The second-order valence-corrected chi connectivity index (χ2v) is 6.95. The van der Waals surface area contributed by atoms with Crippen LogP contribution in [0.2, 0.25) is 0 Å². The van der Waals surface area contributed by atoms with E-state index in [9.17, 15) is 0 Å². The number of nitriles is 1. The summed E-state index contributed by atoms with van der Waals surface area (Å²) in [7, 11) is 0. The first kappa shape index (κ1) is 18.4. The Hall–Kier alpha value is -2.38. The molecular weight excluding hydrogens is 340 g/mol. The van der Waals surface area contributed by atoms with E-state index in [1.54, 1.807) is 0 Å². The zero-order valence-corrected chi connectivity index (χ0v) is 16.0. The molecule has 1 fully saturated rings. The van der Waals surface area contributed by atoms with Gasteiger partial charge in [0.25, 0.3) is 0 Å². The van der Waals surface area contributed by atoms with Crippen molar-refractivity contribution in [1.82, 2.24) is 0 Å². The van der Waals surface area contributed by atoms with Crippen LogP contribution in [0.15, 0.2) is 64.5 Å². The molecule has 2 aliphatic rings. The van der Waals surface area contributed by atoms with Crippen LogP contribution in [-0.4, -0.2) is 13.1 Å². The molecule has 0 amide bonds. The lowest BCUT2D eigenvalue weighted by atomic mass is 10.1. The summed E-state index contributed by atoms with van der Waals surface area (Å²) < 4.78 is 5.85. The minimum atomic E-state index is 0.399. The molecule has 0 radical (unpaired) electrons. The van der Waals surface area contributed by atoms with Gasteiger partial charge in [-0.05, 0) is 55.2 Å². The van der Waals surface area contributed by atoms with E-state index in [1.165, 1.54) is 24.9 Å². The first-order valence-corrected chi connectivity index (χ1v) is 9.61. The van der Waals surface area contributed by atoms with Gasteiger partial charge in [0.2, 0.25) is 0 Å². The molecule has 1 aromatic carbocycles. The van der Waals surface area contributed by atoms with E-state index in [0.717, 1.165) is 42.2 Å². The maximum atomic E-state index is 9.07. The molecule has 0 saturated carbocycles. The molecule has 0 bridgehead atoms. The van der Waals surface area contributed by atoms with Gasteiger partial charge in [0, 0.05) is 30.8 Å². The number of benzene rings is 1. The van der Waals surface area contributed by atoms with Crippen LogP contribution in [0.1, 0.15) is 38.2 Å². The van der Waals surface area contributed by atoms with Crippen LogP contribution in [0.5, 0.6) is 0 Å². The number of piperidine rings is 1. The summed E-state index contributed by atoms with van der Waals surface area (Å²) in [6, 6.07) is 10.7. The van der Waals surface area contributed by atoms with E-state index in [1.807, 2.05) is 31.2 Å². The van der Waals surface area contributed by atoms with Crippen molar-refractivity contribution in [3.8, 4) is 6.07 Å². The fourth-order valence-corrected chi connectivity index (χ4v) is 3.29. The van der Waals surface area contributed by atoms with E-state index >= 15 is 0 Å². The number of allylic oxidation sites excluding steroid dienone is 6. The lowest BCUT2D eigenvalue weighted by Crippen LogP contribution is -2.29. The lowest BCUT2D eigenvalue weighted by molar-refractivity contribution is 0.304.